The lowest BCUT2D eigenvalue weighted by atomic mass is 9.97. The topological polar surface area (TPSA) is 114 Å². The Morgan fingerprint density at radius 3 is 2.85 bits per heavy atom. The van der Waals surface area contributed by atoms with E-state index in [4.69, 9.17) is 21.9 Å². The smallest absolute Gasteiger partial charge is 0.312 e. The molecule has 0 aliphatic carbocycles. The van der Waals surface area contributed by atoms with Crippen molar-refractivity contribution < 1.29 is 14.1 Å². The molecule has 0 radical (unpaired) electrons. The van der Waals surface area contributed by atoms with E-state index in [-0.39, 0.29) is 11.8 Å². The molecule has 1 aliphatic heterocycles. The molecule has 3 rings (SSSR count). The number of carbonyl (C=O) groups excluding carboxylic acids is 2. The number of piperidine rings is 1. The van der Waals surface area contributed by atoms with Crippen molar-refractivity contribution in [3.63, 3.8) is 0 Å². The summed E-state index contributed by atoms with van der Waals surface area (Å²) in [7, 11) is 0. The van der Waals surface area contributed by atoms with Gasteiger partial charge in [-0.1, -0.05) is 16.8 Å². The number of halogens is 1. The van der Waals surface area contributed by atoms with Crippen molar-refractivity contribution in [3.8, 4) is 11.4 Å². The molecule has 3 N–H and O–H groups in total. The molecule has 0 unspecified atom stereocenters. The first-order valence-corrected chi connectivity index (χ1v) is 9.28. The summed E-state index contributed by atoms with van der Waals surface area (Å²) >= 11 is 5.87. The predicted octanol–water partition coefficient (Wildman–Crippen LogP) is 2.23. The van der Waals surface area contributed by atoms with E-state index in [1.54, 1.807) is 12.1 Å². The second kappa shape index (κ2) is 8.85. The fourth-order valence-corrected chi connectivity index (χ4v) is 3.27. The van der Waals surface area contributed by atoms with Gasteiger partial charge in [0.05, 0.1) is 0 Å². The largest absolute Gasteiger partial charge is 0.352 e. The van der Waals surface area contributed by atoms with Gasteiger partial charge in [0, 0.05) is 43.1 Å². The number of aryl methyl sites for hydroxylation is 1. The minimum Gasteiger partial charge on any atom is -0.352 e. The first-order valence-electron chi connectivity index (χ1n) is 8.91. The Morgan fingerprint density at radius 2 is 2.11 bits per heavy atom. The van der Waals surface area contributed by atoms with Gasteiger partial charge in [-0.3, -0.25) is 4.79 Å². The van der Waals surface area contributed by atoms with Crippen LogP contribution in [0.5, 0.6) is 0 Å². The fourth-order valence-electron chi connectivity index (χ4n) is 3.15. The molecule has 0 spiro atoms. The Kier molecular flexibility index (Phi) is 6.28. The van der Waals surface area contributed by atoms with Crippen molar-refractivity contribution in [1.29, 1.82) is 0 Å². The number of aromatic nitrogens is 2. The summed E-state index contributed by atoms with van der Waals surface area (Å²) < 4.78 is 5.25. The average Bonchev–Trinajstić information content (AvgIpc) is 3.14. The normalized spacial score (nSPS) is 16.9. The number of hydrogen-bond acceptors (Lipinski definition) is 5. The summed E-state index contributed by atoms with van der Waals surface area (Å²) in [6, 6.07) is 6.62. The Labute approximate surface area is 162 Å². The van der Waals surface area contributed by atoms with Gasteiger partial charge >= 0.3 is 6.03 Å². The maximum atomic E-state index is 12.5. The van der Waals surface area contributed by atoms with Crippen LogP contribution in [0.3, 0.4) is 0 Å². The molecule has 0 saturated carbocycles. The highest BCUT2D eigenvalue weighted by atomic mass is 35.5. The standard InChI is InChI=1S/C18H22ClN5O3/c19-14-5-3-13(4-6-14)17-22-15(27-23-17)7-8-16(25)24-9-1-2-12(11-24)10-21-18(20)26/h3-6,12H,1-2,7-11H2,(H3,20,21,26)/t12-/m1/s1. The molecule has 27 heavy (non-hydrogen) atoms. The van der Waals surface area contributed by atoms with Gasteiger partial charge in [0.1, 0.15) is 0 Å². The number of nitrogens with one attached hydrogen (secondary N) is 1. The Hall–Kier alpha value is -2.61. The summed E-state index contributed by atoms with van der Waals surface area (Å²) in [5.41, 5.74) is 5.91. The molecule has 1 aromatic carbocycles. The van der Waals surface area contributed by atoms with Crippen LogP contribution < -0.4 is 11.1 Å². The van der Waals surface area contributed by atoms with Crippen LogP contribution in [0.2, 0.25) is 5.02 Å². The van der Waals surface area contributed by atoms with Gasteiger partial charge in [0.25, 0.3) is 0 Å². The Morgan fingerprint density at radius 1 is 1.33 bits per heavy atom. The third-order valence-electron chi connectivity index (χ3n) is 4.56. The highest BCUT2D eigenvalue weighted by Gasteiger charge is 2.24. The van der Waals surface area contributed by atoms with Crippen molar-refractivity contribution in [2.24, 2.45) is 11.7 Å². The Bertz CT molecular complexity index is 793. The molecule has 9 heteroatoms. The summed E-state index contributed by atoms with van der Waals surface area (Å²) in [5.74, 6) is 1.18. The lowest BCUT2D eigenvalue weighted by Gasteiger charge is -2.32. The number of urea groups is 1. The third kappa shape index (κ3) is 5.43. The van der Waals surface area contributed by atoms with E-state index in [0.29, 0.717) is 42.7 Å². The Balaban J connectivity index is 1.50. The number of likely N-dealkylation sites (tertiary alicyclic amines) is 1. The molecule has 144 valence electrons. The van der Waals surface area contributed by atoms with E-state index in [2.05, 4.69) is 15.5 Å². The van der Waals surface area contributed by atoms with E-state index in [0.717, 1.165) is 24.9 Å². The molecular formula is C18H22ClN5O3. The van der Waals surface area contributed by atoms with Crippen LogP contribution in [0.15, 0.2) is 28.8 Å². The SMILES string of the molecule is NC(=O)NC[C@H]1CCCN(C(=O)CCc2nc(-c3ccc(Cl)cc3)no2)C1. The monoisotopic (exact) mass is 391 g/mol. The minimum atomic E-state index is -0.536. The number of hydrogen-bond donors (Lipinski definition) is 2. The average molecular weight is 392 g/mol. The van der Waals surface area contributed by atoms with E-state index in [1.807, 2.05) is 17.0 Å². The highest BCUT2D eigenvalue weighted by molar-refractivity contribution is 6.30. The molecule has 1 atom stereocenters. The number of amides is 3. The zero-order valence-electron chi connectivity index (χ0n) is 14.9. The molecule has 3 amide bonds. The van der Waals surface area contributed by atoms with Crippen LogP contribution in [0.25, 0.3) is 11.4 Å². The van der Waals surface area contributed by atoms with E-state index in [9.17, 15) is 9.59 Å². The van der Waals surface area contributed by atoms with Crippen molar-refractivity contribution in [2.75, 3.05) is 19.6 Å². The molecule has 2 heterocycles. The van der Waals surface area contributed by atoms with E-state index < -0.39 is 6.03 Å². The predicted molar refractivity (Wildman–Crippen MR) is 100.0 cm³/mol. The zero-order valence-corrected chi connectivity index (χ0v) is 15.6. The third-order valence-corrected chi connectivity index (χ3v) is 4.81. The van der Waals surface area contributed by atoms with Crippen molar-refractivity contribution in [1.82, 2.24) is 20.4 Å². The molecule has 1 fully saturated rings. The van der Waals surface area contributed by atoms with E-state index >= 15 is 0 Å². The number of carbonyl (C=O) groups is 2. The number of benzene rings is 1. The zero-order chi connectivity index (χ0) is 19.2. The quantitative estimate of drug-likeness (QED) is 0.783. The maximum absolute atomic E-state index is 12.5. The molecule has 1 aromatic heterocycles. The molecule has 1 saturated heterocycles. The summed E-state index contributed by atoms with van der Waals surface area (Å²) in [4.78, 5) is 29.5. The summed E-state index contributed by atoms with van der Waals surface area (Å²) in [5, 5.41) is 7.20. The van der Waals surface area contributed by atoms with Gasteiger partial charge in [-0.25, -0.2) is 4.79 Å². The van der Waals surface area contributed by atoms with Gasteiger partial charge in [-0.2, -0.15) is 4.98 Å². The maximum Gasteiger partial charge on any atom is 0.312 e. The van der Waals surface area contributed by atoms with Gasteiger partial charge < -0.3 is 20.5 Å². The fraction of sp³-hybridized carbons (Fsp3) is 0.444. The van der Waals surface area contributed by atoms with Crippen LogP contribution in [-0.4, -0.2) is 46.6 Å². The van der Waals surface area contributed by atoms with Crippen LogP contribution >= 0.6 is 11.6 Å². The number of nitrogens with two attached hydrogens (primary N) is 1. The lowest BCUT2D eigenvalue weighted by molar-refractivity contribution is -0.133. The van der Waals surface area contributed by atoms with Gasteiger partial charge in [0.15, 0.2) is 0 Å². The molecule has 1 aliphatic rings. The first kappa shape index (κ1) is 19.2. The van der Waals surface area contributed by atoms with Crippen molar-refractivity contribution in [3.05, 3.63) is 35.2 Å². The molecule has 0 bridgehead atoms. The molecule has 2 aromatic rings. The second-order valence-electron chi connectivity index (χ2n) is 6.61. The van der Waals surface area contributed by atoms with Crippen LogP contribution in [0.1, 0.15) is 25.2 Å². The van der Waals surface area contributed by atoms with E-state index in [1.165, 1.54) is 0 Å². The molecular weight excluding hydrogens is 370 g/mol. The highest BCUT2D eigenvalue weighted by Crippen LogP contribution is 2.20. The van der Waals surface area contributed by atoms with Crippen LogP contribution in [0, 0.1) is 5.92 Å². The van der Waals surface area contributed by atoms with Gasteiger partial charge in [-0.05, 0) is 43.0 Å². The van der Waals surface area contributed by atoms with Gasteiger partial charge in [0.2, 0.25) is 17.6 Å². The van der Waals surface area contributed by atoms with Crippen molar-refractivity contribution >= 4 is 23.5 Å². The lowest BCUT2D eigenvalue weighted by Crippen LogP contribution is -2.44. The molecule has 8 nitrogen and oxygen atoms in total. The minimum absolute atomic E-state index is 0.0463. The van der Waals surface area contributed by atoms with Crippen molar-refractivity contribution in [2.45, 2.75) is 25.7 Å². The number of nitrogens with zero attached hydrogens (tertiary/aromatic N) is 3. The summed E-state index contributed by atoms with van der Waals surface area (Å²) in [6.45, 7) is 1.85. The summed E-state index contributed by atoms with van der Waals surface area (Å²) in [6.07, 6.45) is 2.58. The van der Waals surface area contributed by atoms with Crippen LogP contribution in [0.4, 0.5) is 4.79 Å². The van der Waals surface area contributed by atoms with Gasteiger partial charge in [-0.15, -0.1) is 0 Å². The first-order chi connectivity index (χ1) is 13.0. The number of rotatable bonds is 6. The van der Waals surface area contributed by atoms with Crippen LogP contribution in [-0.2, 0) is 11.2 Å². The number of primary amides is 1. The second-order valence-corrected chi connectivity index (χ2v) is 7.05.